The number of hydrogen-bond acceptors (Lipinski definition) is 5. The Balaban J connectivity index is 1.39. The molecule has 0 N–H and O–H groups in total. The average molecular weight is 391 g/mol. The lowest BCUT2D eigenvalue weighted by molar-refractivity contribution is 0.0288. The molecule has 156 valence electrons. The number of hydrogen-bond donors (Lipinski definition) is 0. The van der Waals surface area contributed by atoms with Crippen LogP contribution in [0.5, 0.6) is 5.75 Å². The third kappa shape index (κ3) is 6.67. The smallest absolute Gasteiger partial charge is 0.410 e. The molecular weight excluding hydrogens is 356 g/mol. The second-order valence-corrected chi connectivity index (χ2v) is 8.73. The van der Waals surface area contributed by atoms with Crippen LogP contribution in [0.4, 0.5) is 4.79 Å². The van der Waals surface area contributed by atoms with Crippen molar-refractivity contribution in [1.82, 2.24) is 9.80 Å². The fourth-order valence-electron chi connectivity index (χ4n) is 3.66. The summed E-state index contributed by atoms with van der Waals surface area (Å²) in [5.74, 6) is 1.40. The molecule has 3 rings (SSSR count). The van der Waals surface area contributed by atoms with E-state index in [-0.39, 0.29) is 6.09 Å². The number of likely N-dealkylation sites (tertiary alicyclic amines) is 1. The molecule has 6 nitrogen and oxygen atoms in total. The molecule has 2 heterocycles. The first-order valence-corrected chi connectivity index (χ1v) is 10.4. The highest BCUT2D eigenvalue weighted by Gasteiger charge is 2.29. The predicted octanol–water partition coefficient (Wildman–Crippen LogP) is 3.20. The van der Waals surface area contributed by atoms with Gasteiger partial charge < -0.3 is 19.1 Å². The minimum Gasteiger partial charge on any atom is -0.492 e. The summed E-state index contributed by atoms with van der Waals surface area (Å²) < 4.78 is 16.7. The lowest BCUT2D eigenvalue weighted by atomic mass is 9.99. The molecule has 6 heteroatoms. The zero-order valence-electron chi connectivity index (χ0n) is 17.5. The van der Waals surface area contributed by atoms with E-state index in [9.17, 15) is 4.79 Å². The first kappa shape index (κ1) is 20.9. The Labute approximate surface area is 168 Å². The normalized spacial score (nSPS) is 21.0. The second kappa shape index (κ2) is 9.61. The van der Waals surface area contributed by atoms with Crippen molar-refractivity contribution < 1.29 is 19.0 Å². The number of ether oxygens (including phenoxy) is 3. The lowest BCUT2D eigenvalue weighted by Crippen LogP contribution is -2.38. The Morgan fingerprint density at radius 2 is 1.86 bits per heavy atom. The van der Waals surface area contributed by atoms with Crippen molar-refractivity contribution in [3.8, 4) is 5.75 Å². The van der Waals surface area contributed by atoms with E-state index in [2.05, 4.69) is 29.2 Å². The van der Waals surface area contributed by atoms with E-state index in [0.29, 0.717) is 12.5 Å². The molecule has 0 radical (unpaired) electrons. The number of benzene rings is 1. The number of rotatable bonds is 6. The Hall–Kier alpha value is -1.79. The number of carbonyl (C=O) groups excluding carboxylic acids is 1. The van der Waals surface area contributed by atoms with Crippen molar-refractivity contribution in [3.63, 3.8) is 0 Å². The molecule has 1 aromatic carbocycles. The summed E-state index contributed by atoms with van der Waals surface area (Å²) in [4.78, 5) is 16.4. The Morgan fingerprint density at radius 1 is 1.14 bits per heavy atom. The maximum absolute atomic E-state index is 12.2. The summed E-state index contributed by atoms with van der Waals surface area (Å²) in [5, 5.41) is 0. The standard InChI is InChI=1S/C22H34N2O4/c1-22(2,3)28-21(25)24-9-8-19(17-24)16-18-4-6-20(7-5-18)27-15-12-23-10-13-26-14-11-23/h4-7,19H,8-17H2,1-3H3. The molecule has 2 fully saturated rings. The van der Waals surface area contributed by atoms with Crippen LogP contribution < -0.4 is 4.74 Å². The maximum Gasteiger partial charge on any atom is 0.410 e. The predicted molar refractivity (Wildman–Crippen MR) is 109 cm³/mol. The van der Waals surface area contributed by atoms with Crippen molar-refractivity contribution in [2.24, 2.45) is 5.92 Å². The summed E-state index contributed by atoms with van der Waals surface area (Å²) >= 11 is 0. The van der Waals surface area contributed by atoms with Gasteiger partial charge >= 0.3 is 6.09 Å². The summed E-state index contributed by atoms with van der Waals surface area (Å²) in [7, 11) is 0. The highest BCUT2D eigenvalue weighted by atomic mass is 16.6. The summed E-state index contributed by atoms with van der Waals surface area (Å²) in [5.41, 5.74) is 0.851. The van der Waals surface area contributed by atoms with Crippen LogP contribution in [0.3, 0.4) is 0 Å². The molecule has 0 bridgehead atoms. The quantitative estimate of drug-likeness (QED) is 0.747. The van der Waals surface area contributed by atoms with Gasteiger partial charge in [0.05, 0.1) is 13.2 Å². The fourth-order valence-corrected chi connectivity index (χ4v) is 3.66. The third-order valence-electron chi connectivity index (χ3n) is 5.17. The molecular formula is C22H34N2O4. The van der Waals surface area contributed by atoms with E-state index < -0.39 is 5.60 Å². The van der Waals surface area contributed by atoms with E-state index in [4.69, 9.17) is 14.2 Å². The summed E-state index contributed by atoms with van der Waals surface area (Å²) in [6, 6.07) is 8.38. The molecule has 1 unspecified atom stereocenters. The zero-order chi connectivity index (χ0) is 20.0. The van der Waals surface area contributed by atoms with Crippen molar-refractivity contribution in [2.75, 3.05) is 52.5 Å². The van der Waals surface area contributed by atoms with Crippen LogP contribution >= 0.6 is 0 Å². The van der Waals surface area contributed by atoms with E-state index >= 15 is 0 Å². The number of amides is 1. The molecule has 1 aromatic rings. The van der Waals surface area contributed by atoms with Crippen LogP contribution in [-0.4, -0.2) is 74.0 Å². The van der Waals surface area contributed by atoms with Gasteiger partial charge in [-0.1, -0.05) is 12.1 Å². The number of nitrogens with zero attached hydrogens (tertiary/aromatic N) is 2. The van der Waals surface area contributed by atoms with Crippen LogP contribution in [0.15, 0.2) is 24.3 Å². The van der Waals surface area contributed by atoms with E-state index in [1.165, 1.54) is 5.56 Å². The van der Waals surface area contributed by atoms with Crippen LogP contribution in [0.25, 0.3) is 0 Å². The molecule has 2 aliphatic heterocycles. The van der Waals surface area contributed by atoms with Crippen molar-refractivity contribution in [3.05, 3.63) is 29.8 Å². The van der Waals surface area contributed by atoms with Crippen LogP contribution in [0, 0.1) is 5.92 Å². The van der Waals surface area contributed by atoms with Gasteiger partial charge in [-0.3, -0.25) is 4.90 Å². The van der Waals surface area contributed by atoms with Crippen LogP contribution in [0.1, 0.15) is 32.8 Å². The van der Waals surface area contributed by atoms with Crippen molar-refractivity contribution >= 4 is 6.09 Å². The molecule has 0 spiro atoms. The molecule has 1 atom stereocenters. The van der Waals surface area contributed by atoms with Gasteiger partial charge in [0.25, 0.3) is 0 Å². The topological polar surface area (TPSA) is 51.2 Å². The Bertz CT molecular complexity index is 620. The minimum absolute atomic E-state index is 0.195. The zero-order valence-corrected chi connectivity index (χ0v) is 17.5. The molecule has 28 heavy (non-hydrogen) atoms. The van der Waals surface area contributed by atoms with E-state index in [0.717, 1.165) is 64.5 Å². The highest BCUT2D eigenvalue weighted by molar-refractivity contribution is 5.68. The van der Waals surface area contributed by atoms with Gasteiger partial charge in [0, 0.05) is 32.7 Å². The fraction of sp³-hybridized carbons (Fsp3) is 0.682. The van der Waals surface area contributed by atoms with Crippen molar-refractivity contribution in [2.45, 2.75) is 39.2 Å². The summed E-state index contributed by atoms with van der Waals surface area (Å²) in [6.45, 7) is 12.5. The Kier molecular flexibility index (Phi) is 7.18. The molecule has 2 saturated heterocycles. The molecule has 0 aromatic heterocycles. The molecule has 2 aliphatic rings. The monoisotopic (exact) mass is 390 g/mol. The molecule has 1 amide bonds. The SMILES string of the molecule is CC(C)(C)OC(=O)N1CCC(Cc2ccc(OCCN3CCOCC3)cc2)C1. The van der Waals surface area contributed by atoms with Crippen molar-refractivity contribution in [1.29, 1.82) is 0 Å². The largest absolute Gasteiger partial charge is 0.492 e. The van der Waals surface area contributed by atoms with Gasteiger partial charge in [-0.05, 0) is 57.2 Å². The van der Waals surface area contributed by atoms with Gasteiger partial charge in [-0.2, -0.15) is 0 Å². The van der Waals surface area contributed by atoms with E-state index in [1.54, 1.807) is 0 Å². The van der Waals surface area contributed by atoms with Crippen LogP contribution in [0.2, 0.25) is 0 Å². The number of morpholine rings is 1. The van der Waals surface area contributed by atoms with Gasteiger partial charge in [0.1, 0.15) is 18.0 Å². The summed E-state index contributed by atoms with van der Waals surface area (Å²) in [6.07, 6.45) is 1.81. The highest BCUT2D eigenvalue weighted by Crippen LogP contribution is 2.24. The Morgan fingerprint density at radius 3 is 2.54 bits per heavy atom. The lowest BCUT2D eigenvalue weighted by Gasteiger charge is -2.26. The minimum atomic E-state index is -0.438. The number of carbonyl (C=O) groups is 1. The second-order valence-electron chi connectivity index (χ2n) is 8.73. The third-order valence-corrected chi connectivity index (χ3v) is 5.17. The van der Waals surface area contributed by atoms with Gasteiger partial charge in [-0.15, -0.1) is 0 Å². The van der Waals surface area contributed by atoms with Gasteiger partial charge in [-0.25, -0.2) is 4.79 Å². The van der Waals surface area contributed by atoms with E-state index in [1.807, 2.05) is 25.7 Å². The van der Waals surface area contributed by atoms with Gasteiger partial charge in [0.2, 0.25) is 0 Å². The first-order chi connectivity index (χ1) is 13.4. The molecule has 0 saturated carbocycles. The first-order valence-electron chi connectivity index (χ1n) is 10.4. The van der Waals surface area contributed by atoms with Crippen LogP contribution in [-0.2, 0) is 15.9 Å². The molecule has 0 aliphatic carbocycles. The van der Waals surface area contributed by atoms with Gasteiger partial charge in [0.15, 0.2) is 0 Å². The average Bonchev–Trinajstić information content (AvgIpc) is 3.11. The maximum atomic E-state index is 12.2.